The molecule has 7 nitrogen and oxygen atoms in total. The molecule has 0 aromatic heterocycles. The maximum atomic E-state index is 13.0. The Bertz CT molecular complexity index is 1190. The first kappa shape index (κ1) is 24.3. The summed E-state index contributed by atoms with van der Waals surface area (Å²) in [6, 6.07) is 21.0. The molecule has 0 saturated heterocycles. The average Bonchev–Trinajstić information content (AvgIpc) is 2.80. The minimum atomic E-state index is -3.87. The second kappa shape index (κ2) is 10.5. The lowest BCUT2D eigenvalue weighted by Crippen LogP contribution is -2.35. The van der Waals surface area contributed by atoms with E-state index in [0.717, 1.165) is 5.56 Å². The fourth-order valence-electron chi connectivity index (χ4n) is 3.44. The van der Waals surface area contributed by atoms with E-state index in [-0.39, 0.29) is 16.8 Å². The van der Waals surface area contributed by atoms with Gasteiger partial charge in [0.2, 0.25) is 0 Å². The zero-order valence-corrected chi connectivity index (χ0v) is 20.0. The van der Waals surface area contributed by atoms with Crippen molar-refractivity contribution in [1.29, 1.82) is 0 Å². The van der Waals surface area contributed by atoms with Crippen molar-refractivity contribution >= 4 is 21.6 Å². The first-order valence-electron chi connectivity index (χ1n) is 10.5. The largest absolute Gasteiger partial charge is 0.497 e. The van der Waals surface area contributed by atoms with Gasteiger partial charge in [0.1, 0.15) is 5.75 Å². The average molecular weight is 468 g/mol. The number of nitrogens with zero attached hydrogens (tertiary/aromatic N) is 1. The van der Waals surface area contributed by atoms with Crippen LogP contribution in [0.25, 0.3) is 0 Å². The fourth-order valence-corrected chi connectivity index (χ4v) is 4.53. The van der Waals surface area contributed by atoms with Crippen LogP contribution in [0.2, 0.25) is 0 Å². The number of hydrogen-bond acceptors (Lipinski definition) is 5. The van der Waals surface area contributed by atoms with Crippen molar-refractivity contribution in [2.24, 2.45) is 0 Å². The van der Waals surface area contributed by atoms with E-state index < -0.39 is 10.0 Å². The second-order valence-electron chi connectivity index (χ2n) is 7.91. The van der Waals surface area contributed by atoms with Gasteiger partial charge in [-0.2, -0.15) is 0 Å². The quantitative estimate of drug-likeness (QED) is 0.499. The van der Waals surface area contributed by atoms with Crippen LogP contribution in [0.15, 0.2) is 77.7 Å². The van der Waals surface area contributed by atoms with E-state index in [1.54, 1.807) is 44.4 Å². The maximum absolute atomic E-state index is 13.0. The van der Waals surface area contributed by atoms with Gasteiger partial charge >= 0.3 is 0 Å². The number of rotatable bonds is 9. The summed E-state index contributed by atoms with van der Waals surface area (Å²) in [5.41, 5.74) is 2.49. The molecule has 0 aliphatic heterocycles. The first-order valence-corrected chi connectivity index (χ1v) is 12.0. The van der Waals surface area contributed by atoms with E-state index in [1.807, 2.05) is 49.3 Å². The van der Waals surface area contributed by atoms with E-state index in [1.165, 1.54) is 12.1 Å². The molecule has 33 heavy (non-hydrogen) atoms. The normalized spacial score (nSPS) is 12.3. The fraction of sp³-hybridized carbons (Fsp3) is 0.240. The summed E-state index contributed by atoms with van der Waals surface area (Å²) < 4.78 is 33.4. The first-order chi connectivity index (χ1) is 15.7. The second-order valence-corrected chi connectivity index (χ2v) is 9.59. The van der Waals surface area contributed by atoms with Gasteiger partial charge < -0.3 is 15.0 Å². The molecule has 0 aliphatic carbocycles. The number of likely N-dealkylation sites (N-methyl/N-ethyl adjacent to an activating group) is 1. The summed E-state index contributed by atoms with van der Waals surface area (Å²) in [5, 5.41) is 2.95. The highest BCUT2D eigenvalue weighted by Crippen LogP contribution is 2.22. The number of benzene rings is 3. The Morgan fingerprint density at radius 3 is 2.27 bits per heavy atom. The molecule has 3 aromatic carbocycles. The molecule has 1 unspecified atom stereocenters. The van der Waals surface area contributed by atoms with E-state index in [4.69, 9.17) is 4.74 Å². The number of carbonyl (C=O) groups excluding carboxylic acids is 1. The summed E-state index contributed by atoms with van der Waals surface area (Å²) in [7, 11) is 1.57. The van der Waals surface area contributed by atoms with Gasteiger partial charge in [-0.25, -0.2) is 8.42 Å². The summed E-state index contributed by atoms with van der Waals surface area (Å²) in [6.45, 7) is 2.17. The molecule has 3 aromatic rings. The van der Waals surface area contributed by atoms with Crippen molar-refractivity contribution in [1.82, 2.24) is 10.2 Å². The molecule has 2 N–H and O–H groups in total. The molecule has 0 bridgehead atoms. The molecule has 0 fully saturated rings. The number of carbonyl (C=O) groups is 1. The minimum Gasteiger partial charge on any atom is -0.497 e. The van der Waals surface area contributed by atoms with Crippen LogP contribution in [0, 0.1) is 6.92 Å². The lowest BCUT2D eigenvalue weighted by Gasteiger charge is -2.25. The molecule has 174 valence electrons. The molecule has 0 radical (unpaired) electrons. The molecule has 3 rings (SSSR count). The van der Waals surface area contributed by atoms with E-state index in [2.05, 4.69) is 10.0 Å². The zero-order chi connectivity index (χ0) is 24.0. The number of methoxy groups -OCH3 is 1. The minimum absolute atomic E-state index is 0.0147. The summed E-state index contributed by atoms with van der Waals surface area (Å²) in [4.78, 5) is 15.0. The number of nitrogens with one attached hydrogen (secondary N) is 2. The van der Waals surface area contributed by atoms with Gasteiger partial charge in [0.25, 0.3) is 15.9 Å². The van der Waals surface area contributed by atoms with E-state index in [9.17, 15) is 13.2 Å². The van der Waals surface area contributed by atoms with Crippen molar-refractivity contribution in [3.63, 3.8) is 0 Å². The van der Waals surface area contributed by atoms with Gasteiger partial charge in [0.15, 0.2) is 0 Å². The van der Waals surface area contributed by atoms with Crippen LogP contribution in [0.5, 0.6) is 5.75 Å². The van der Waals surface area contributed by atoms with E-state index in [0.29, 0.717) is 29.1 Å². The number of amides is 1. The Morgan fingerprint density at radius 2 is 1.67 bits per heavy atom. The van der Waals surface area contributed by atoms with Gasteiger partial charge in [-0.15, -0.1) is 0 Å². The van der Waals surface area contributed by atoms with Crippen LogP contribution >= 0.6 is 0 Å². The Morgan fingerprint density at radius 1 is 1.00 bits per heavy atom. The highest BCUT2D eigenvalue weighted by Gasteiger charge is 2.20. The Hall–Kier alpha value is -3.36. The smallest absolute Gasteiger partial charge is 0.261 e. The number of aryl methyl sites for hydroxylation is 1. The van der Waals surface area contributed by atoms with Crippen molar-refractivity contribution in [2.75, 3.05) is 32.5 Å². The number of hydrogen-bond donors (Lipinski definition) is 2. The molecule has 0 aliphatic rings. The topological polar surface area (TPSA) is 87.7 Å². The highest BCUT2D eigenvalue weighted by molar-refractivity contribution is 7.92. The predicted molar refractivity (Wildman–Crippen MR) is 130 cm³/mol. The van der Waals surface area contributed by atoms with Crippen LogP contribution in [0.4, 0.5) is 5.69 Å². The van der Waals surface area contributed by atoms with Gasteiger partial charge in [0, 0.05) is 17.8 Å². The lowest BCUT2D eigenvalue weighted by atomic mass is 10.1. The van der Waals surface area contributed by atoms with Gasteiger partial charge in [0.05, 0.1) is 18.0 Å². The maximum Gasteiger partial charge on any atom is 0.261 e. The third-order valence-electron chi connectivity index (χ3n) is 5.37. The molecule has 1 amide bonds. The SMILES string of the molecule is COc1ccc(NS(=O)(=O)c2ccc(C)c(C(=O)NCC(c3ccccc3)N(C)C)c2)cc1. The third kappa shape index (κ3) is 6.12. The van der Waals surface area contributed by atoms with Crippen LogP contribution in [-0.2, 0) is 10.0 Å². The van der Waals surface area contributed by atoms with Crippen LogP contribution in [0.1, 0.15) is 27.5 Å². The predicted octanol–water partition coefficient (Wildman–Crippen LogP) is 3.84. The van der Waals surface area contributed by atoms with Crippen LogP contribution in [-0.4, -0.2) is 47.0 Å². The zero-order valence-electron chi connectivity index (χ0n) is 19.2. The van der Waals surface area contributed by atoms with Gasteiger partial charge in [-0.05, 0) is 68.5 Å². The Labute approximate surface area is 195 Å². The van der Waals surface area contributed by atoms with Gasteiger partial charge in [-0.1, -0.05) is 36.4 Å². The Balaban J connectivity index is 1.77. The van der Waals surface area contributed by atoms with Crippen LogP contribution in [0.3, 0.4) is 0 Å². The molecule has 0 heterocycles. The number of anilines is 1. The van der Waals surface area contributed by atoms with Crippen molar-refractivity contribution < 1.29 is 17.9 Å². The van der Waals surface area contributed by atoms with Crippen LogP contribution < -0.4 is 14.8 Å². The van der Waals surface area contributed by atoms with Crippen molar-refractivity contribution in [3.8, 4) is 5.75 Å². The van der Waals surface area contributed by atoms with E-state index >= 15 is 0 Å². The highest BCUT2D eigenvalue weighted by atomic mass is 32.2. The Kier molecular flexibility index (Phi) is 7.73. The number of sulfonamides is 1. The molecular weight excluding hydrogens is 438 g/mol. The summed E-state index contributed by atoms with van der Waals surface area (Å²) in [5.74, 6) is 0.301. The molecule has 8 heteroatoms. The monoisotopic (exact) mass is 467 g/mol. The lowest BCUT2D eigenvalue weighted by molar-refractivity contribution is 0.0941. The summed E-state index contributed by atoms with van der Waals surface area (Å²) >= 11 is 0. The van der Waals surface area contributed by atoms with Crippen molar-refractivity contribution in [3.05, 3.63) is 89.5 Å². The molecule has 0 spiro atoms. The molecule has 0 saturated carbocycles. The van der Waals surface area contributed by atoms with Crippen molar-refractivity contribution in [2.45, 2.75) is 17.9 Å². The molecular formula is C25H29N3O4S. The summed E-state index contributed by atoms with van der Waals surface area (Å²) in [6.07, 6.45) is 0. The third-order valence-corrected chi connectivity index (χ3v) is 6.75. The standard InChI is InChI=1S/C25H29N3O4S/c1-18-10-15-22(33(30,31)27-20-11-13-21(32-4)14-12-20)16-23(18)25(29)26-17-24(28(2)3)19-8-6-5-7-9-19/h5-16,24,27H,17H2,1-4H3,(H,26,29). The molecule has 1 atom stereocenters. The van der Waals surface area contributed by atoms with Gasteiger partial charge in [-0.3, -0.25) is 9.52 Å². The number of ether oxygens (including phenoxy) is 1.